The lowest BCUT2D eigenvalue weighted by atomic mass is 9.74. The molecule has 1 aromatic rings. The van der Waals surface area contributed by atoms with Gasteiger partial charge in [0.15, 0.2) is 0 Å². The van der Waals surface area contributed by atoms with Crippen molar-refractivity contribution < 1.29 is 22.3 Å². The molecular formula is C15H17F4NO. The zero-order valence-corrected chi connectivity index (χ0v) is 11.5. The second-order valence-electron chi connectivity index (χ2n) is 5.91. The van der Waals surface area contributed by atoms with E-state index in [9.17, 15) is 17.6 Å². The number of alkyl halides is 3. The Bertz CT molecular complexity index is 525. The minimum absolute atomic E-state index is 0.0444. The third-order valence-corrected chi connectivity index (χ3v) is 4.41. The van der Waals surface area contributed by atoms with Gasteiger partial charge in [-0.1, -0.05) is 0 Å². The molecule has 3 rings (SSSR count). The van der Waals surface area contributed by atoms with Crippen molar-refractivity contribution in [1.82, 2.24) is 0 Å². The summed E-state index contributed by atoms with van der Waals surface area (Å²) in [4.78, 5) is 0. The van der Waals surface area contributed by atoms with Gasteiger partial charge in [0.2, 0.25) is 0 Å². The summed E-state index contributed by atoms with van der Waals surface area (Å²) < 4.78 is 57.6. The number of hydrogen-bond acceptors (Lipinski definition) is 2. The van der Waals surface area contributed by atoms with E-state index in [0.29, 0.717) is 13.0 Å². The van der Waals surface area contributed by atoms with Crippen LogP contribution in [0.3, 0.4) is 0 Å². The van der Waals surface area contributed by atoms with Crippen LogP contribution < -0.4 is 5.32 Å². The maximum absolute atomic E-state index is 13.7. The number of rotatable bonds is 2. The minimum Gasteiger partial charge on any atom is -0.380 e. The topological polar surface area (TPSA) is 21.3 Å². The van der Waals surface area contributed by atoms with Gasteiger partial charge in [-0.05, 0) is 50.3 Å². The molecule has 1 saturated carbocycles. The minimum atomic E-state index is -4.46. The molecule has 1 unspecified atom stereocenters. The summed E-state index contributed by atoms with van der Waals surface area (Å²) in [6.07, 6.45) is 0.0201. The molecule has 0 bridgehead atoms. The highest BCUT2D eigenvalue weighted by Crippen LogP contribution is 2.43. The van der Waals surface area contributed by atoms with Crippen LogP contribution in [0.25, 0.3) is 0 Å². The Morgan fingerprint density at radius 2 is 2.00 bits per heavy atom. The van der Waals surface area contributed by atoms with Crippen molar-refractivity contribution >= 4 is 5.69 Å². The van der Waals surface area contributed by atoms with E-state index in [1.165, 1.54) is 0 Å². The lowest BCUT2D eigenvalue weighted by Gasteiger charge is -2.47. The molecule has 1 aliphatic carbocycles. The third kappa shape index (κ3) is 3.00. The van der Waals surface area contributed by atoms with Crippen LogP contribution in [0, 0.1) is 5.82 Å². The van der Waals surface area contributed by atoms with Crippen LogP contribution in [0.2, 0.25) is 0 Å². The van der Waals surface area contributed by atoms with Gasteiger partial charge in [0.25, 0.3) is 0 Å². The molecule has 2 nitrogen and oxygen atoms in total. The van der Waals surface area contributed by atoms with Gasteiger partial charge in [-0.25, -0.2) is 4.39 Å². The van der Waals surface area contributed by atoms with E-state index in [1.807, 2.05) is 0 Å². The van der Waals surface area contributed by atoms with Gasteiger partial charge in [-0.2, -0.15) is 13.2 Å². The molecule has 1 aliphatic heterocycles. The SMILES string of the molecule is Fc1ccc(C(F)(F)F)cc1NC1CCOC2(CCC2)C1. The first-order chi connectivity index (χ1) is 9.88. The highest BCUT2D eigenvalue weighted by atomic mass is 19.4. The molecule has 1 heterocycles. The van der Waals surface area contributed by atoms with Gasteiger partial charge in [-0.15, -0.1) is 0 Å². The molecule has 6 heteroatoms. The van der Waals surface area contributed by atoms with E-state index < -0.39 is 17.6 Å². The molecule has 2 aliphatic rings. The quantitative estimate of drug-likeness (QED) is 0.820. The normalized spacial score (nSPS) is 24.7. The van der Waals surface area contributed by atoms with Crippen LogP contribution in [-0.4, -0.2) is 18.2 Å². The van der Waals surface area contributed by atoms with Crippen molar-refractivity contribution in [2.24, 2.45) is 0 Å². The summed E-state index contributed by atoms with van der Waals surface area (Å²) in [6.45, 7) is 0.568. The van der Waals surface area contributed by atoms with Crippen LogP contribution in [0.15, 0.2) is 18.2 Å². The first-order valence-electron chi connectivity index (χ1n) is 7.15. The Balaban J connectivity index is 1.75. The van der Waals surface area contributed by atoms with Crippen LogP contribution in [0.1, 0.15) is 37.7 Å². The molecule has 2 fully saturated rings. The summed E-state index contributed by atoms with van der Waals surface area (Å²) in [5.41, 5.74) is -1.04. The van der Waals surface area contributed by atoms with E-state index in [-0.39, 0.29) is 17.3 Å². The molecule has 0 aromatic heterocycles. The molecule has 1 N–H and O–H groups in total. The molecule has 1 atom stereocenters. The van der Waals surface area contributed by atoms with Gasteiger partial charge >= 0.3 is 6.18 Å². The Kier molecular flexibility index (Phi) is 3.59. The zero-order chi connectivity index (χ0) is 15.1. The number of benzene rings is 1. The van der Waals surface area contributed by atoms with Crippen molar-refractivity contribution in [2.45, 2.75) is 49.9 Å². The van der Waals surface area contributed by atoms with Crippen LogP contribution in [0.4, 0.5) is 23.2 Å². The Hall–Kier alpha value is -1.30. The van der Waals surface area contributed by atoms with Gasteiger partial charge in [0.05, 0.1) is 16.9 Å². The smallest absolute Gasteiger partial charge is 0.380 e. The van der Waals surface area contributed by atoms with Gasteiger partial charge in [0, 0.05) is 12.6 Å². The van der Waals surface area contributed by atoms with Gasteiger partial charge < -0.3 is 10.1 Å². The van der Waals surface area contributed by atoms with Crippen LogP contribution in [-0.2, 0) is 10.9 Å². The van der Waals surface area contributed by atoms with E-state index in [4.69, 9.17) is 4.74 Å². The van der Waals surface area contributed by atoms with Gasteiger partial charge in [0.1, 0.15) is 5.82 Å². The van der Waals surface area contributed by atoms with Crippen LogP contribution in [0.5, 0.6) is 0 Å². The van der Waals surface area contributed by atoms with Crippen molar-refractivity contribution in [3.05, 3.63) is 29.6 Å². The average molecular weight is 303 g/mol. The highest BCUT2D eigenvalue weighted by molar-refractivity contribution is 5.49. The second-order valence-corrected chi connectivity index (χ2v) is 5.91. The number of halogens is 4. The largest absolute Gasteiger partial charge is 0.416 e. The average Bonchev–Trinajstić information content (AvgIpc) is 2.38. The molecule has 1 aromatic carbocycles. The molecule has 21 heavy (non-hydrogen) atoms. The highest BCUT2D eigenvalue weighted by Gasteiger charge is 2.42. The van der Waals surface area contributed by atoms with Crippen LogP contribution >= 0.6 is 0 Å². The predicted octanol–water partition coefficient (Wildman–Crippen LogP) is 4.36. The second kappa shape index (κ2) is 5.16. The van der Waals surface area contributed by atoms with E-state index >= 15 is 0 Å². The maximum Gasteiger partial charge on any atom is 0.416 e. The van der Waals surface area contributed by atoms with Crippen molar-refractivity contribution in [2.75, 3.05) is 11.9 Å². The fourth-order valence-corrected chi connectivity index (χ4v) is 3.10. The van der Waals surface area contributed by atoms with Crippen molar-refractivity contribution in [1.29, 1.82) is 0 Å². The first-order valence-corrected chi connectivity index (χ1v) is 7.15. The number of ether oxygens (including phenoxy) is 1. The Labute approximate surface area is 120 Å². The zero-order valence-electron chi connectivity index (χ0n) is 11.5. The summed E-state index contributed by atoms with van der Waals surface area (Å²) >= 11 is 0. The van der Waals surface area contributed by atoms with Crippen molar-refractivity contribution in [3.63, 3.8) is 0 Å². The molecule has 0 amide bonds. The molecule has 0 radical (unpaired) electrons. The summed E-state index contributed by atoms with van der Waals surface area (Å²) in [5, 5.41) is 2.93. The molecule has 1 spiro atoms. The summed E-state index contributed by atoms with van der Waals surface area (Å²) in [6, 6.07) is 2.43. The fraction of sp³-hybridized carbons (Fsp3) is 0.600. The summed E-state index contributed by atoms with van der Waals surface area (Å²) in [5.74, 6) is -0.655. The summed E-state index contributed by atoms with van der Waals surface area (Å²) in [7, 11) is 0. The molecular weight excluding hydrogens is 286 g/mol. The van der Waals surface area contributed by atoms with E-state index in [1.54, 1.807) is 0 Å². The maximum atomic E-state index is 13.7. The monoisotopic (exact) mass is 303 g/mol. The van der Waals surface area contributed by atoms with E-state index in [0.717, 1.165) is 43.9 Å². The van der Waals surface area contributed by atoms with Crippen molar-refractivity contribution in [3.8, 4) is 0 Å². The Morgan fingerprint density at radius 1 is 1.24 bits per heavy atom. The number of hydrogen-bond donors (Lipinski definition) is 1. The predicted molar refractivity (Wildman–Crippen MR) is 70.6 cm³/mol. The van der Waals surface area contributed by atoms with Gasteiger partial charge in [-0.3, -0.25) is 0 Å². The lowest BCUT2D eigenvalue weighted by Crippen LogP contribution is -2.49. The molecule has 116 valence electrons. The lowest BCUT2D eigenvalue weighted by molar-refractivity contribution is -0.137. The number of nitrogens with one attached hydrogen (secondary N) is 1. The molecule has 1 saturated heterocycles. The first kappa shape index (κ1) is 14.6. The fourth-order valence-electron chi connectivity index (χ4n) is 3.10. The van der Waals surface area contributed by atoms with E-state index in [2.05, 4.69) is 5.32 Å². The Morgan fingerprint density at radius 3 is 2.62 bits per heavy atom. The third-order valence-electron chi connectivity index (χ3n) is 4.41. The standard InChI is InChI=1S/C15H17F4NO/c16-12-3-2-10(15(17,18)19)8-13(12)20-11-4-7-21-14(9-11)5-1-6-14/h2-3,8,11,20H,1,4-7,9H2. The number of anilines is 1.